The fourth-order valence-electron chi connectivity index (χ4n) is 3.31. The van der Waals surface area contributed by atoms with Gasteiger partial charge in [-0.2, -0.15) is 0 Å². The number of hydrogen-bond acceptors (Lipinski definition) is 2. The van der Waals surface area contributed by atoms with Crippen LogP contribution >= 0.6 is 12.2 Å². The van der Waals surface area contributed by atoms with Crippen molar-refractivity contribution >= 4 is 17.4 Å². The predicted molar refractivity (Wildman–Crippen MR) is 62.7 cm³/mol. The van der Waals surface area contributed by atoms with Gasteiger partial charge in [-0.05, 0) is 36.9 Å². The van der Waals surface area contributed by atoms with Gasteiger partial charge in [0.2, 0.25) is 0 Å². The Bertz CT molecular complexity index is 226. The van der Waals surface area contributed by atoms with Gasteiger partial charge in [-0.1, -0.05) is 38.5 Å². The number of nitrogens with zero attached hydrogens (tertiary/aromatic N) is 1. The molecular weight excluding hydrogens is 190 g/mol. The molecule has 0 unspecified atom stereocenters. The van der Waals surface area contributed by atoms with Crippen LogP contribution in [0, 0.1) is 11.8 Å². The Kier molecular flexibility index (Phi) is 3.72. The molecular formula is C12H19NS. The second-order valence-corrected chi connectivity index (χ2v) is 4.96. The van der Waals surface area contributed by atoms with Crippen molar-refractivity contribution in [2.45, 2.75) is 57.4 Å². The van der Waals surface area contributed by atoms with Crippen molar-refractivity contribution in [3.05, 3.63) is 0 Å². The minimum atomic E-state index is 0.524. The van der Waals surface area contributed by atoms with Gasteiger partial charge in [0.25, 0.3) is 0 Å². The van der Waals surface area contributed by atoms with Crippen molar-refractivity contribution in [3.8, 4) is 0 Å². The molecule has 14 heavy (non-hydrogen) atoms. The van der Waals surface area contributed by atoms with Crippen LogP contribution in [0.1, 0.15) is 51.4 Å². The molecule has 2 saturated carbocycles. The zero-order valence-corrected chi connectivity index (χ0v) is 9.56. The van der Waals surface area contributed by atoms with Crippen molar-refractivity contribution in [2.24, 2.45) is 16.8 Å². The largest absolute Gasteiger partial charge is 0.229 e. The summed E-state index contributed by atoms with van der Waals surface area (Å²) in [5.74, 6) is 1.79. The second kappa shape index (κ2) is 5.04. The van der Waals surface area contributed by atoms with E-state index in [1.165, 1.54) is 51.4 Å². The van der Waals surface area contributed by atoms with Gasteiger partial charge in [-0.15, -0.1) is 0 Å². The molecule has 2 atom stereocenters. The van der Waals surface area contributed by atoms with E-state index in [1.807, 2.05) is 0 Å². The highest BCUT2D eigenvalue weighted by Crippen LogP contribution is 2.40. The summed E-state index contributed by atoms with van der Waals surface area (Å²) in [6.45, 7) is 0. The van der Waals surface area contributed by atoms with Crippen molar-refractivity contribution in [1.82, 2.24) is 0 Å². The zero-order chi connectivity index (χ0) is 9.80. The first kappa shape index (κ1) is 10.3. The molecule has 78 valence electrons. The van der Waals surface area contributed by atoms with Gasteiger partial charge in [0, 0.05) is 0 Å². The van der Waals surface area contributed by atoms with Gasteiger partial charge < -0.3 is 0 Å². The van der Waals surface area contributed by atoms with E-state index in [0.29, 0.717) is 6.04 Å². The minimum absolute atomic E-state index is 0.524. The summed E-state index contributed by atoms with van der Waals surface area (Å²) in [6, 6.07) is 0.524. The third-order valence-corrected chi connectivity index (χ3v) is 4.11. The molecule has 2 rings (SSSR count). The molecule has 0 radical (unpaired) electrons. The maximum Gasteiger partial charge on any atom is 0.0633 e. The lowest BCUT2D eigenvalue weighted by molar-refractivity contribution is 0.236. The molecule has 2 aliphatic rings. The summed E-state index contributed by atoms with van der Waals surface area (Å²) >= 11 is 4.73. The van der Waals surface area contributed by atoms with Gasteiger partial charge in [-0.25, -0.2) is 4.99 Å². The molecule has 2 fully saturated rings. The first-order chi connectivity index (χ1) is 6.92. The third-order valence-electron chi connectivity index (χ3n) is 4.01. The molecule has 0 spiro atoms. The van der Waals surface area contributed by atoms with Crippen molar-refractivity contribution in [1.29, 1.82) is 0 Å². The summed E-state index contributed by atoms with van der Waals surface area (Å²) < 4.78 is 0. The average molecular weight is 209 g/mol. The van der Waals surface area contributed by atoms with Crippen LogP contribution in [0.15, 0.2) is 4.99 Å². The van der Waals surface area contributed by atoms with Crippen LogP contribution in [-0.2, 0) is 0 Å². The molecule has 1 nitrogen and oxygen atoms in total. The van der Waals surface area contributed by atoms with Crippen LogP contribution < -0.4 is 0 Å². The molecule has 0 aromatic rings. The van der Waals surface area contributed by atoms with Crippen LogP contribution in [0.4, 0.5) is 0 Å². The second-order valence-electron chi connectivity index (χ2n) is 4.78. The lowest BCUT2D eigenvalue weighted by Crippen LogP contribution is -2.23. The topological polar surface area (TPSA) is 12.4 Å². The number of aliphatic imine (C=N–C) groups is 1. The first-order valence-electron chi connectivity index (χ1n) is 5.99. The number of rotatable bonds is 2. The maximum atomic E-state index is 4.73. The Labute approximate surface area is 92.0 Å². The summed E-state index contributed by atoms with van der Waals surface area (Å²) in [4.78, 5) is 4.35. The molecule has 0 N–H and O–H groups in total. The molecule has 2 aliphatic carbocycles. The number of isothiocyanates is 1. The van der Waals surface area contributed by atoms with Crippen LogP contribution in [0.2, 0.25) is 0 Å². The quantitative estimate of drug-likeness (QED) is 0.497. The van der Waals surface area contributed by atoms with E-state index in [2.05, 4.69) is 10.2 Å². The molecule has 0 amide bonds. The van der Waals surface area contributed by atoms with E-state index in [0.717, 1.165) is 11.8 Å². The standard InChI is InChI=1S/C12H19NS/c14-9-13-12-8-4-7-11(12)10-5-2-1-3-6-10/h10-12H,1-8H2/t11-,12+/m1/s1. The van der Waals surface area contributed by atoms with Gasteiger partial charge in [0.05, 0.1) is 11.2 Å². The summed E-state index contributed by atoms with van der Waals surface area (Å²) in [7, 11) is 0. The Hall–Kier alpha value is -0.200. The minimum Gasteiger partial charge on any atom is -0.229 e. The van der Waals surface area contributed by atoms with E-state index < -0.39 is 0 Å². The third kappa shape index (κ3) is 2.24. The fraction of sp³-hybridized carbons (Fsp3) is 0.917. The van der Waals surface area contributed by atoms with Gasteiger partial charge >= 0.3 is 0 Å². The van der Waals surface area contributed by atoms with Crippen molar-refractivity contribution in [2.75, 3.05) is 0 Å². The van der Waals surface area contributed by atoms with E-state index in [1.54, 1.807) is 0 Å². The van der Waals surface area contributed by atoms with Gasteiger partial charge in [-0.3, -0.25) is 0 Å². The molecule has 0 aromatic carbocycles. The van der Waals surface area contributed by atoms with E-state index in [-0.39, 0.29) is 0 Å². The van der Waals surface area contributed by atoms with E-state index in [9.17, 15) is 0 Å². The predicted octanol–water partition coefficient (Wildman–Crippen LogP) is 3.84. The van der Waals surface area contributed by atoms with E-state index in [4.69, 9.17) is 12.2 Å². The number of thiocarbonyl (C=S) groups is 1. The highest BCUT2D eigenvalue weighted by molar-refractivity contribution is 7.78. The first-order valence-corrected chi connectivity index (χ1v) is 6.39. The van der Waals surface area contributed by atoms with Crippen molar-refractivity contribution < 1.29 is 0 Å². The van der Waals surface area contributed by atoms with Crippen LogP contribution in [-0.4, -0.2) is 11.2 Å². The molecule has 0 heterocycles. The summed E-state index contributed by atoms with van der Waals surface area (Å²) in [5.41, 5.74) is 0. The highest BCUT2D eigenvalue weighted by Gasteiger charge is 2.33. The van der Waals surface area contributed by atoms with Crippen LogP contribution in [0.5, 0.6) is 0 Å². The molecule has 2 heteroatoms. The molecule has 0 aliphatic heterocycles. The van der Waals surface area contributed by atoms with Crippen molar-refractivity contribution in [3.63, 3.8) is 0 Å². The van der Waals surface area contributed by atoms with Gasteiger partial charge in [0.1, 0.15) is 0 Å². The molecule has 0 bridgehead atoms. The average Bonchev–Trinajstić information content (AvgIpc) is 2.68. The SMILES string of the molecule is S=C=N[C@H]1CCC[C@@H]1C1CCCCC1. The Morgan fingerprint density at radius 2 is 1.71 bits per heavy atom. The van der Waals surface area contributed by atoms with Gasteiger partial charge in [0.15, 0.2) is 0 Å². The normalized spacial score (nSPS) is 34.0. The highest BCUT2D eigenvalue weighted by atomic mass is 32.1. The smallest absolute Gasteiger partial charge is 0.0633 e. The zero-order valence-electron chi connectivity index (χ0n) is 8.74. The maximum absolute atomic E-state index is 4.73. The van der Waals surface area contributed by atoms with E-state index >= 15 is 0 Å². The Balaban J connectivity index is 1.97. The summed E-state index contributed by atoms with van der Waals surface area (Å²) in [6.07, 6.45) is 11.2. The number of hydrogen-bond donors (Lipinski definition) is 0. The Morgan fingerprint density at radius 1 is 0.929 bits per heavy atom. The molecule has 0 saturated heterocycles. The Morgan fingerprint density at radius 3 is 2.43 bits per heavy atom. The van der Waals surface area contributed by atoms with Crippen LogP contribution in [0.25, 0.3) is 0 Å². The lowest BCUT2D eigenvalue weighted by Gasteiger charge is -2.29. The fourth-order valence-corrected chi connectivity index (χ4v) is 3.44. The molecule has 0 aromatic heterocycles. The van der Waals surface area contributed by atoms with Crippen LogP contribution in [0.3, 0.4) is 0 Å². The summed E-state index contributed by atoms with van der Waals surface area (Å²) in [5, 5.41) is 2.59. The lowest BCUT2D eigenvalue weighted by atomic mass is 9.78. The monoisotopic (exact) mass is 209 g/mol.